The predicted molar refractivity (Wildman–Crippen MR) is 100 cm³/mol. The molecule has 1 aromatic rings. The first-order valence-electron chi connectivity index (χ1n) is 7.55. The van der Waals surface area contributed by atoms with Crippen LogP contribution in [0.25, 0.3) is 0 Å². The Kier molecular flexibility index (Phi) is 8.23. The molecule has 0 aliphatic rings. The minimum absolute atomic E-state index is 0.0638. The molecule has 0 aliphatic heterocycles. The second-order valence-electron chi connectivity index (χ2n) is 5.04. The molecule has 1 aromatic heterocycles. The highest BCUT2D eigenvalue weighted by atomic mass is 32.2. The van der Waals surface area contributed by atoms with Gasteiger partial charge in [0.1, 0.15) is 0 Å². The summed E-state index contributed by atoms with van der Waals surface area (Å²) in [5.41, 5.74) is -4.52. The van der Waals surface area contributed by atoms with Crippen molar-refractivity contribution in [2.24, 2.45) is 0 Å². The summed E-state index contributed by atoms with van der Waals surface area (Å²) in [5.74, 6) is -0.517. The molecule has 0 aromatic carbocycles. The van der Waals surface area contributed by atoms with Crippen molar-refractivity contribution < 1.29 is 37.8 Å². The molecule has 0 saturated heterocycles. The number of rotatable bonds is 12. The van der Waals surface area contributed by atoms with Gasteiger partial charge in [-0.3, -0.25) is 0 Å². The van der Waals surface area contributed by atoms with Crippen LogP contribution >= 0.6 is 0 Å². The van der Waals surface area contributed by atoms with Crippen molar-refractivity contribution in [3.63, 3.8) is 0 Å². The lowest BCUT2D eigenvalue weighted by molar-refractivity contribution is 0.173. The zero-order chi connectivity index (χ0) is 23.3. The van der Waals surface area contributed by atoms with E-state index in [-0.39, 0.29) is 13.7 Å². The molecule has 0 bridgehead atoms. The van der Waals surface area contributed by atoms with Crippen LogP contribution in [0.15, 0.2) is 38.4 Å². The molecule has 1 rings (SSSR count). The standard InChI is InChI=1S/C12H17N3O12S3/c1-4-28(19,20)25-7-13-10(16)14(8-26-29(21,22)5-2)12(18)15(11(13)17)9-27-30(23,24)6-3/h4-5H,1-2,6-9H2,3H3. The molecule has 30 heavy (non-hydrogen) atoms. The fraction of sp³-hybridized carbons (Fsp3) is 0.417. The van der Waals surface area contributed by atoms with Gasteiger partial charge >= 0.3 is 17.1 Å². The highest BCUT2D eigenvalue weighted by molar-refractivity contribution is 7.89. The maximum Gasteiger partial charge on any atom is 0.340 e. The summed E-state index contributed by atoms with van der Waals surface area (Å²) >= 11 is 0. The number of nitrogens with zero attached hydrogens (tertiary/aromatic N) is 3. The molecule has 0 aliphatic carbocycles. The van der Waals surface area contributed by atoms with Gasteiger partial charge in [-0.1, -0.05) is 13.2 Å². The van der Waals surface area contributed by atoms with Crippen LogP contribution in [-0.4, -0.2) is 44.7 Å². The van der Waals surface area contributed by atoms with Gasteiger partial charge in [-0.05, 0) is 6.92 Å². The highest BCUT2D eigenvalue weighted by Crippen LogP contribution is 1.97. The number of hydrogen-bond donors (Lipinski definition) is 0. The molecule has 0 saturated carbocycles. The number of aromatic nitrogens is 3. The first kappa shape index (κ1) is 25.7. The Morgan fingerprint density at radius 3 is 1.27 bits per heavy atom. The van der Waals surface area contributed by atoms with Crippen LogP contribution in [0.5, 0.6) is 0 Å². The molecule has 0 amide bonds. The third-order valence-electron chi connectivity index (χ3n) is 3.20. The van der Waals surface area contributed by atoms with E-state index in [4.69, 9.17) is 0 Å². The van der Waals surface area contributed by atoms with E-state index in [0.29, 0.717) is 10.8 Å². The summed E-state index contributed by atoms with van der Waals surface area (Å²) in [7, 11) is -12.9. The van der Waals surface area contributed by atoms with Crippen LogP contribution in [0.3, 0.4) is 0 Å². The quantitative estimate of drug-likeness (QED) is 0.277. The molecule has 0 radical (unpaired) electrons. The van der Waals surface area contributed by atoms with Gasteiger partial charge in [0, 0.05) is 0 Å². The van der Waals surface area contributed by atoms with Crippen molar-refractivity contribution >= 4 is 30.4 Å². The average molecular weight is 491 g/mol. The Bertz CT molecular complexity index is 1230. The summed E-state index contributed by atoms with van der Waals surface area (Å²) in [5, 5.41) is 0.729. The second kappa shape index (κ2) is 9.62. The lowest BCUT2D eigenvalue weighted by Crippen LogP contribution is -2.55. The topological polar surface area (TPSA) is 196 Å². The van der Waals surface area contributed by atoms with E-state index in [1.54, 1.807) is 0 Å². The highest BCUT2D eigenvalue weighted by Gasteiger charge is 2.20. The fourth-order valence-electron chi connectivity index (χ4n) is 1.58. The molecule has 170 valence electrons. The summed E-state index contributed by atoms with van der Waals surface area (Å²) in [6.45, 7) is 3.41. The average Bonchev–Trinajstić information content (AvgIpc) is 2.67. The fourth-order valence-corrected chi connectivity index (χ4v) is 2.71. The Labute approximate surface area is 170 Å². The molecular weight excluding hydrogens is 474 g/mol. The van der Waals surface area contributed by atoms with Crippen molar-refractivity contribution in [2.45, 2.75) is 27.1 Å². The summed E-state index contributed by atoms with van der Waals surface area (Å²) in [4.78, 5) is 37.2. The molecule has 0 spiro atoms. The SMILES string of the molecule is C=CS(=O)(=O)OCn1c(=O)n(COS(=O)(=O)C=C)c(=O)n(COS(=O)(=O)CC)c1=O. The number of hydrogen-bond acceptors (Lipinski definition) is 12. The minimum atomic E-state index is -4.36. The minimum Gasteiger partial charge on any atom is -0.248 e. The van der Waals surface area contributed by atoms with Crippen molar-refractivity contribution in [3.05, 3.63) is 55.4 Å². The van der Waals surface area contributed by atoms with E-state index < -0.39 is 73.4 Å². The second-order valence-corrected chi connectivity index (χ2v) is 10.1. The Balaban J connectivity index is 3.61. The van der Waals surface area contributed by atoms with Crippen LogP contribution in [0.4, 0.5) is 0 Å². The van der Waals surface area contributed by atoms with E-state index in [1.165, 1.54) is 6.92 Å². The van der Waals surface area contributed by atoms with Crippen molar-refractivity contribution in [2.75, 3.05) is 5.75 Å². The van der Waals surface area contributed by atoms with Gasteiger partial charge in [-0.25, -0.2) is 40.6 Å². The molecule has 0 atom stereocenters. The Hall–Kier alpha value is -2.38. The summed E-state index contributed by atoms with van der Waals surface area (Å²) < 4.78 is 81.9. The van der Waals surface area contributed by atoms with E-state index in [0.717, 1.165) is 0 Å². The predicted octanol–water partition coefficient (Wildman–Crippen LogP) is -2.61. The van der Waals surface area contributed by atoms with Gasteiger partial charge in [-0.15, -0.1) is 0 Å². The van der Waals surface area contributed by atoms with Gasteiger partial charge in [0.15, 0.2) is 20.2 Å². The normalized spacial score (nSPS) is 12.6. The van der Waals surface area contributed by atoms with Gasteiger partial charge in [0.2, 0.25) is 0 Å². The first-order valence-corrected chi connectivity index (χ1v) is 12.1. The van der Waals surface area contributed by atoms with Crippen LogP contribution in [0.1, 0.15) is 6.92 Å². The van der Waals surface area contributed by atoms with Crippen molar-refractivity contribution in [3.8, 4) is 0 Å². The van der Waals surface area contributed by atoms with Gasteiger partial charge < -0.3 is 0 Å². The largest absolute Gasteiger partial charge is 0.340 e. The zero-order valence-corrected chi connectivity index (χ0v) is 17.8. The van der Waals surface area contributed by atoms with Crippen molar-refractivity contribution in [1.29, 1.82) is 0 Å². The molecule has 15 nitrogen and oxygen atoms in total. The zero-order valence-electron chi connectivity index (χ0n) is 15.4. The van der Waals surface area contributed by atoms with Crippen LogP contribution in [0.2, 0.25) is 0 Å². The molecule has 0 N–H and O–H groups in total. The Morgan fingerprint density at radius 1 is 0.700 bits per heavy atom. The van der Waals surface area contributed by atoms with Crippen LogP contribution < -0.4 is 17.1 Å². The summed E-state index contributed by atoms with van der Waals surface area (Å²) in [6.07, 6.45) is 0. The van der Waals surface area contributed by atoms with Crippen molar-refractivity contribution in [1.82, 2.24) is 13.7 Å². The maximum absolute atomic E-state index is 12.4. The van der Waals surface area contributed by atoms with E-state index in [1.807, 2.05) is 0 Å². The van der Waals surface area contributed by atoms with E-state index in [2.05, 4.69) is 25.7 Å². The smallest absolute Gasteiger partial charge is 0.248 e. The Morgan fingerprint density at radius 2 is 1.00 bits per heavy atom. The molecule has 0 fully saturated rings. The van der Waals surface area contributed by atoms with E-state index in [9.17, 15) is 39.6 Å². The van der Waals surface area contributed by atoms with Crippen LogP contribution in [0, 0.1) is 0 Å². The molecule has 0 unspecified atom stereocenters. The van der Waals surface area contributed by atoms with Gasteiger partial charge in [0.05, 0.1) is 16.6 Å². The van der Waals surface area contributed by atoms with Gasteiger partial charge in [-0.2, -0.15) is 25.3 Å². The molecule has 1 heterocycles. The van der Waals surface area contributed by atoms with Crippen LogP contribution in [-0.2, 0) is 63.1 Å². The maximum atomic E-state index is 12.4. The summed E-state index contributed by atoms with van der Waals surface area (Å²) in [6, 6.07) is 0. The lowest BCUT2D eigenvalue weighted by atomic mass is 10.8. The third kappa shape index (κ3) is 6.57. The lowest BCUT2D eigenvalue weighted by Gasteiger charge is -2.13. The third-order valence-corrected chi connectivity index (χ3v) is 6.06. The molecule has 18 heteroatoms. The molecular formula is C12H17N3O12S3. The monoisotopic (exact) mass is 491 g/mol. The van der Waals surface area contributed by atoms with E-state index >= 15 is 0 Å². The van der Waals surface area contributed by atoms with Gasteiger partial charge in [0.25, 0.3) is 30.4 Å². The first-order chi connectivity index (χ1) is 13.7.